The van der Waals surface area contributed by atoms with Crippen molar-refractivity contribution in [2.45, 2.75) is 44.6 Å². The van der Waals surface area contributed by atoms with Gasteiger partial charge in [-0.1, -0.05) is 31.4 Å². The molecule has 5 rings (SSSR count). The van der Waals surface area contributed by atoms with Crippen molar-refractivity contribution in [2.75, 3.05) is 6.54 Å². The van der Waals surface area contributed by atoms with E-state index in [1.807, 2.05) is 36.4 Å². The highest BCUT2D eigenvalue weighted by molar-refractivity contribution is 5.96. The first kappa shape index (κ1) is 22.8. The number of imidazole rings is 1. The fourth-order valence-corrected chi connectivity index (χ4v) is 4.92. The molecule has 1 amide bonds. The zero-order valence-electron chi connectivity index (χ0n) is 19.5. The summed E-state index contributed by atoms with van der Waals surface area (Å²) in [6.45, 7) is 0.533. The second-order valence-electron chi connectivity index (χ2n) is 9.05. The smallest absolute Gasteiger partial charge is 0.335 e. The van der Waals surface area contributed by atoms with Gasteiger partial charge in [0.05, 0.1) is 16.6 Å². The molecule has 4 aromatic rings. The van der Waals surface area contributed by atoms with Crippen molar-refractivity contribution in [1.29, 1.82) is 0 Å². The lowest BCUT2D eigenvalue weighted by Gasteiger charge is -2.25. The van der Waals surface area contributed by atoms with E-state index in [4.69, 9.17) is 4.98 Å². The Morgan fingerprint density at radius 3 is 2.54 bits per heavy atom. The van der Waals surface area contributed by atoms with Crippen molar-refractivity contribution >= 4 is 22.9 Å². The van der Waals surface area contributed by atoms with Gasteiger partial charge in [0.1, 0.15) is 5.82 Å². The highest BCUT2D eigenvalue weighted by atomic mass is 16.4. The highest BCUT2D eigenvalue weighted by Gasteiger charge is 2.23. The summed E-state index contributed by atoms with van der Waals surface area (Å²) in [7, 11) is 0. The van der Waals surface area contributed by atoms with E-state index in [1.54, 1.807) is 30.6 Å². The number of hydrogen-bond acceptors (Lipinski definition) is 4. The highest BCUT2D eigenvalue weighted by Crippen LogP contribution is 2.36. The normalized spacial score (nSPS) is 14.2. The predicted molar refractivity (Wildman–Crippen MR) is 135 cm³/mol. The van der Waals surface area contributed by atoms with Crippen LogP contribution in [0.4, 0.5) is 0 Å². The second-order valence-corrected chi connectivity index (χ2v) is 9.05. The van der Waals surface area contributed by atoms with Crippen LogP contribution in [0.5, 0.6) is 0 Å². The number of fused-ring (bicyclic) bond motifs is 1. The summed E-state index contributed by atoms with van der Waals surface area (Å²) in [5.74, 6) is -0.318. The van der Waals surface area contributed by atoms with Gasteiger partial charge in [0.2, 0.25) is 0 Å². The summed E-state index contributed by atoms with van der Waals surface area (Å²) in [5, 5.41) is 12.4. The number of carbonyl (C=O) groups is 2. The third kappa shape index (κ3) is 4.94. The first-order valence-electron chi connectivity index (χ1n) is 12.1. The van der Waals surface area contributed by atoms with E-state index in [1.165, 1.54) is 6.42 Å². The first-order chi connectivity index (χ1) is 17.1. The van der Waals surface area contributed by atoms with Gasteiger partial charge in [-0.2, -0.15) is 0 Å². The molecule has 2 heterocycles. The minimum absolute atomic E-state index is 0.130. The summed E-state index contributed by atoms with van der Waals surface area (Å²) in [5.41, 5.74) is 4.37. The van der Waals surface area contributed by atoms with E-state index < -0.39 is 5.97 Å². The van der Waals surface area contributed by atoms with Crippen LogP contribution < -0.4 is 5.32 Å². The van der Waals surface area contributed by atoms with Crippen molar-refractivity contribution in [2.24, 2.45) is 0 Å². The number of carbonyl (C=O) groups excluding carboxylic acids is 1. The molecule has 0 atom stereocenters. The molecule has 0 aliphatic heterocycles. The SMILES string of the molecule is O=C(O)c1ccc2c(c1)nc(-c1cccc(C(=O)NCCc3ccncc3)c1)n2C1CCCCC1. The number of aromatic carboxylic acids is 1. The van der Waals surface area contributed by atoms with E-state index in [-0.39, 0.29) is 11.5 Å². The lowest BCUT2D eigenvalue weighted by atomic mass is 9.94. The Kier molecular flexibility index (Phi) is 6.57. The molecule has 7 heteroatoms. The summed E-state index contributed by atoms with van der Waals surface area (Å²) < 4.78 is 2.25. The van der Waals surface area contributed by atoms with Crippen LogP contribution in [0.2, 0.25) is 0 Å². The summed E-state index contributed by atoms with van der Waals surface area (Å²) in [6, 6.07) is 16.8. The maximum absolute atomic E-state index is 12.9. The predicted octanol–water partition coefficient (Wildman–Crippen LogP) is 5.27. The number of rotatable bonds is 7. The molecule has 0 bridgehead atoms. The first-order valence-corrected chi connectivity index (χ1v) is 12.1. The standard InChI is InChI=1S/C28H28N4O3/c33-27(30-16-13-19-11-14-29-15-12-19)21-6-4-5-20(17-21)26-31-24-18-22(28(34)35)9-10-25(24)32(26)23-7-2-1-3-8-23/h4-6,9-12,14-15,17-18,23H,1-3,7-8,13,16H2,(H,30,33)(H,34,35). The fraction of sp³-hybridized carbons (Fsp3) is 0.286. The van der Waals surface area contributed by atoms with E-state index in [2.05, 4.69) is 14.9 Å². The van der Waals surface area contributed by atoms with Crippen LogP contribution in [-0.4, -0.2) is 38.1 Å². The summed E-state index contributed by atoms with van der Waals surface area (Å²) >= 11 is 0. The maximum atomic E-state index is 12.9. The van der Waals surface area contributed by atoms with Gasteiger partial charge in [0.25, 0.3) is 5.91 Å². The van der Waals surface area contributed by atoms with Crippen molar-refractivity contribution in [3.8, 4) is 11.4 Å². The van der Waals surface area contributed by atoms with Crippen molar-refractivity contribution in [3.05, 3.63) is 83.7 Å². The average molecular weight is 469 g/mol. The van der Waals surface area contributed by atoms with Gasteiger partial charge < -0.3 is 15.0 Å². The molecule has 2 aromatic heterocycles. The molecule has 0 spiro atoms. The maximum Gasteiger partial charge on any atom is 0.335 e. The van der Waals surface area contributed by atoms with Crippen LogP contribution >= 0.6 is 0 Å². The second kappa shape index (κ2) is 10.1. The molecule has 7 nitrogen and oxygen atoms in total. The van der Waals surface area contributed by atoms with Crippen LogP contribution in [0.15, 0.2) is 67.0 Å². The number of aromatic nitrogens is 3. The number of benzene rings is 2. The van der Waals surface area contributed by atoms with Gasteiger partial charge >= 0.3 is 5.97 Å². The number of carboxylic acid groups (broad SMARTS) is 1. The molecule has 35 heavy (non-hydrogen) atoms. The van der Waals surface area contributed by atoms with Gasteiger partial charge in [0, 0.05) is 36.1 Å². The average Bonchev–Trinajstić information content (AvgIpc) is 3.29. The lowest BCUT2D eigenvalue weighted by Crippen LogP contribution is -2.25. The van der Waals surface area contributed by atoms with Gasteiger partial charge in [-0.05, 0) is 67.3 Å². The monoisotopic (exact) mass is 468 g/mol. The Labute approximate surface area is 203 Å². The molecule has 0 unspecified atom stereocenters. The Hall–Kier alpha value is -4.00. The Balaban J connectivity index is 1.45. The quantitative estimate of drug-likeness (QED) is 0.385. The fourth-order valence-electron chi connectivity index (χ4n) is 4.92. The molecule has 1 aliphatic carbocycles. The third-order valence-corrected chi connectivity index (χ3v) is 6.71. The van der Waals surface area contributed by atoms with Crippen LogP contribution in [0.1, 0.15) is 64.4 Å². The summed E-state index contributed by atoms with van der Waals surface area (Å²) in [6.07, 6.45) is 9.92. The molecule has 0 radical (unpaired) electrons. The number of pyridine rings is 1. The molecule has 2 N–H and O–H groups in total. The molecule has 1 aliphatic rings. The van der Waals surface area contributed by atoms with Gasteiger partial charge in [-0.15, -0.1) is 0 Å². The van der Waals surface area contributed by atoms with Gasteiger partial charge in [0.15, 0.2) is 0 Å². The van der Waals surface area contributed by atoms with Crippen molar-refractivity contribution in [3.63, 3.8) is 0 Å². The van der Waals surface area contributed by atoms with E-state index >= 15 is 0 Å². The molecule has 0 saturated heterocycles. The number of nitrogens with zero attached hydrogens (tertiary/aromatic N) is 3. The van der Waals surface area contributed by atoms with E-state index in [0.29, 0.717) is 23.7 Å². The molecular formula is C28H28N4O3. The Morgan fingerprint density at radius 2 is 1.77 bits per heavy atom. The van der Waals surface area contributed by atoms with E-state index in [9.17, 15) is 14.7 Å². The molecular weight excluding hydrogens is 440 g/mol. The largest absolute Gasteiger partial charge is 0.478 e. The minimum Gasteiger partial charge on any atom is -0.478 e. The zero-order chi connectivity index (χ0) is 24.2. The zero-order valence-corrected chi connectivity index (χ0v) is 19.5. The molecule has 178 valence electrons. The number of hydrogen-bond donors (Lipinski definition) is 2. The Morgan fingerprint density at radius 1 is 0.971 bits per heavy atom. The van der Waals surface area contributed by atoms with Crippen molar-refractivity contribution < 1.29 is 14.7 Å². The number of nitrogens with one attached hydrogen (secondary N) is 1. The Bertz CT molecular complexity index is 1360. The van der Waals surface area contributed by atoms with Gasteiger partial charge in [-0.25, -0.2) is 9.78 Å². The number of amides is 1. The van der Waals surface area contributed by atoms with Crippen LogP contribution in [0.3, 0.4) is 0 Å². The van der Waals surface area contributed by atoms with Crippen molar-refractivity contribution in [1.82, 2.24) is 19.9 Å². The van der Waals surface area contributed by atoms with Crippen LogP contribution in [0.25, 0.3) is 22.4 Å². The number of carboxylic acids is 1. The molecule has 2 aromatic carbocycles. The van der Waals surface area contributed by atoms with Crippen LogP contribution in [-0.2, 0) is 6.42 Å². The van der Waals surface area contributed by atoms with Gasteiger partial charge in [-0.3, -0.25) is 9.78 Å². The summed E-state index contributed by atoms with van der Waals surface area (Å²) in [4.78, 5) is 33.3. The van der Waals surface area contributed by atoms with E-state index in [0.717, 1.165) is 54.6 Å². The third-order valence-electron chi connectivity index (χ3n) is 6.71. The molecule has 1 fully saturated rings. The topological polar surface area (TPSA) is 97.1 Å². The van der Waals surface area contributed by atoms with Crippen LogP contribution in [0, 0.1) is 0 Å². The minimum atomic E-state index is -0.967. The lowest BCUT2D eigenvalue weighted by molar-refractivity contribution is 0.0696. The molecule has 1 saturated carbocycles.